The highest BCUT2D eigenvalue weighted by molar-refractivity contribution is 5.68. The number of rotatable bonds is 5. The van der Waals surface area contributed by atoms with Gasteiger partial charge in [0.2, 0.25) is 0 Å². The highest BCUT2D eigenvalue weighted by atomic mass is 16.7. The van der Waals surface area contributed by atoms with Gasteiger partial charge in [-0.25, -0.2) is 4.79 Å². The molecule has 1 amide bonds. The second-order valence-corrected chi connectivity index (χ2v) is 4.43. The van der Waals surface area contributed by atoms with Crippen LogP contribution in [0.2, 0.25) is 0 Å². The second-order valence-electron chi connectivity index (χ2n) is 4.43. The first-order valence-electron chi connectivity index (χ1n) is 5.26. The zero-order valence-electron chi connectivity index (χ0n) is 10.5. The quantitative estimate of drug-likeness (QED) is 0.483. The third-order valence-corrected chi connectivity index (χ3v) is 1.76. The summed E-state index contributed by atoms with van der Waals surface area (Å²) in [6, 6.07) is -0.463. The Hall–Kier alpha value is -0.850. The molecule has 0 aromatic carbocycles. The van der Waals surface area contributed by atoms with Crippen molar-refractivity contribution in [2.45, 2.75) is 52.0 Å². The van der Waals surface area contributed by atoms with Gasteiger partial charge in [-0.05, 0) is 27.2 Å². The summed E-state index contributed by atoms with van der Waals surface area (Å²) >= 11 is 0. The topological polar surface area (TPSA) is 79.8 Å². The molecule has 0 aliphatic carbocycles. The first-order chi connectivity index (χ1) is 7.30. The van der Waals surface area contributed by atoms with Crippen molar-refractivity contribution >= 4 is 6.09 Å². The number of hydrogen-bond acceptors (Lipinski definition) is 5. The molecular weight excluding hydrogens is 212 g/mol. The van der Waals surface area contributed by atoms with Crippen molar-refractivity contribution in [3.63, 3.8) is 0 Å². The molecule has 16 heavy (non-hydrogen) atoms. The molecule has 96 valence electrons. The van der Waals surface area contributed by atoms with E-state index >= 15 is 0 Å². The number of amides is 1. The highest BCUT2D eigenvalue weighted by Gasteiger charge is 2.22. The predicted octanol–water partition coefficient (Wildman–Crippen LogP) is 0.759. The van der Waals surface area contributed by atoms with Crippen molar-refractivity contribution in [1.82, 2.24) is 10.8 Å². The average molecular weight is 234 g/mol. The van der Waals surface area contributed by atoms with Crippen LogP contribution in [0.1, 0.15) is 34.1 Å². The highest BCUT2D eigenvalue weighted by Crippen LogP contribution is 2.07. The van der Waals surface area contributed by atoms with E-state index in [9.17, 15) is 9.90 Å². The fraction of sp³-hybridized carbons (Fsp3) is 0.900. The number of ether oxygens (including phenoxy) is 1. The summed E-state index contributed by atoms with van der Waals surface area (Å²) in [6.07, 6.45) is -0.977. The van der Waals surface area contributed by atoms with Gasteiger partial charge in [-0.15, -0.1) is 0 Å². The molecule has 6 heteroatoms. The molecule has 3 N–H and O–H groups in total. The monoisotopic (exact) mass is 234 g/mol. The third kappa shape index (κ3) is 6.60. The summed E-state index contributed by atoms with van der Waals surface area (Å²) in [6.45, 7) is 7.16. The Kier molecular flexibility index (Phi) is 6.32. The van der Waals surface area contributed by atoms with Crippen LogP contribution in [-0.4, -0.2) is 36.2 Å². The Morgan fingerprint density at radius 1 is 1.44 bits per heavy atom. The van der Waals surface area contributed by atoms with Gasteiger partial charge in [0.25, 0.3) is 0 Å². The van der Waals surface area contributed by atoms with E-state index in [1.807, 2.05) is 6.92 Å². The molecule has 0 spiro atoms. The lowest BCUT2D eigenvalue weighted by atomic mass is 10.2. The molecule has 1 unspecified atom stereocenters. The summed E-state index contributed by atoms with van der Waals surface area (Å²) in [7, 11) is 1.39. The maximum atomic E-state index is 11.4. The number of aliphatic hydroxyl groups excluding tert-OH is 1. The molecular formula is C10H22N2O4. The molecule has 0 saturated heterocycles. The van der Waals surface area contributed by atoms with Crippen LogP contribution in [-0.2, 0) is 9.57 Å². The fourth-order valence-electron chi connectivity index (χ4n) is 1.07. The van der Waals surface area contributed by atoms with Crippen molar-refractivity contribution < 1.29 is 19.5 Å². The van der Waals surface area contributed by atoms with E-state index in [1.165, 1.54) is 7.11 Å². The molecule has 0 heterocycles. The molecule has 2 atom stereocenters. The number of hydroxylamine groups is 1. The largest absolute Gasteiger partial charge is 0.444 e. The lowest BCUT2D eigenvalue weighted by Crippen LogP contribution is -2.50. The van der Waals surface area contributed by atoms with E-state index in [0.717, 1.165) is 0 Å². The Bertz CT molecular complexity index is 215. The van der Waals surface area contributed by atoms with E-state index in [2.05, 4.69) is 15.6 Å². The molecule has 0 aliphatic heterocycles. The zero-order chi connectivity index (χ0) is 12.8. The van der Waals surface area contributed by atoms with Gasteiger partial charge >= 0.3 is 6.09 Å². The Balaban J connectivity index is 4.16. The standard InChI is InChI=1S/C10H22N2O4/c1-6-7(8(13)12-15-5)11-9(14)16-10(2,3)4/h7-8,12-13H,6H2,1-5H3,(H,11,14)/t7-,8?/m0/s1. The minimum absolute atomic E-state index is 0.463. The van der Waals surface area contributed by atoms with Gasteiger partial charge in [-0.3, -0.25) is 0 Å². The number of aliphatic hydroxyl groups is 1. The average Bonchev–Trinajstić information content (AvgIpc) is 2.11. The summed E-state index contributed by atoms with van der Waals surface area (Å²) in [5, 5.41) is 12.1. The van der Waals surface area contributed by atoms with E-state index in [0.29, 0.717) is 6.42 Å². The van der Waals surface area contributed by atoms with E-state index in [1.54, 1.807) is 20.8 Å². The van der Waals surface area contributed by atoms with Crippen molar-refractivity contribution in [1.29, 1.82) is 0 Å². The summed E-state index contributed by atoms with van der Waals surface area (Å²) < 4.78 is 5.07. The second kappa shape index (κ2) is 6.67. The predicted molar refractivity (Wildman–Crippen MR) is 59.6 cm³/mol. The first kappa shape index (κ1) is 15.2. The van der Waals surface area contributed by atoms with E-state index < -0.39 is 24.0 Å². The van der Waals surface area contributed by atoms with Gasteiger partial charge in [0.1, 0.15) is 11.8 Å². The number of hydrogen-bond donors (Lipinski definition) is 3. The number of nitrogens with one attached hydrogen (secondary N) is 2. The van der Waals surface area contributed by atoms with Gasteiger partial charge in [0, 0.05) is 0 Å². The van der Waals surface area contributed by atoms with Crippen molar-refractivity contribution in [2.75, 3.05) is 7.11 Å². The van der Waals surface area contributed by atoms with Crippen LogP contribution < -0.4 is 10.8 Å². The maximum absolute atomic E-state index is 11.4. The van der Waals surface area contributed by atoms with E-state index in [4.69, 9.17) is 4.74 Å². The van der Waals surface area contributed by atoms with Crippen molar-refractivity contribution in [2.24, 2.45) is 0 Å². The van der Waals surface area contributed by atoms with Crippen LogP contribution in [0.15, 0.2) is 0 Å². The maximum Gasteiger partial charge on any atom is 0.408 e. The molecule has 6 nitrogen and oxygen atoms in total. The Morgan fingerprint density at radius 3 is 2.38 bits per heavy atom. The summed E-state index contributed by atoms with van der Waals surface area (Å²) in [4.78, 5) is 16.0. The van der Waals surface area contributed by atoms with Crippen LogP contribution in [0, 0.1) is 0 Å². The van der Waals surface area contributed by atoms with Gasteiger partial charge in [-0.1, -0.05) is 6.92 Å². The molecule has 0 aromatic heterocycles. The number of carbonyl (C=O) groups is 1. The number of carbonyl (C=O) groups excluding carboxylic acids is 1. The zero-order valence-corrected chi connectivity index (χ0v) is 10.5. The van der Waals surface area contributed by atoms with Crippen LogP contribution in [0.3, 0.4) is 0 Å². The molecule has 0 rings (SSSR count). The minimum Gasteiger partial charge on any atom is -0.444 e. The van der Waals surface area contributed by atoms with Crippen LogP contribution in [0.25, 0.3) is 0 Å². The SMILES string of the molecule is CC[C@H](NC(=O)OC(C)(C)C)C(O)NOC. The molecule has 0 bridgehead atoms. The molecule has 0 saturated carbocycles. The lowest BCUT2D eigenvalue weighted by Gasteiger charge is -2.25. The van der Waals surface area contributed by atoms with Gasteiger partial charge in [0.15, 0.2) is 0 Å². The van der Waals surface area contributed by atoms with Crippen molar-refractivity contribution in [3.8, 4) is 0 Å². The summed E-state index contributed by atoms with van der Waals surface area (Å²) in [5.74, 6) is 0. The Morgan fingerprint density at radius 2 is 2.00 bits per heavy atom. The van der Waals surface area contributed by atoms with Crippen LogP contribution in [0.4, 0.5) is 4.79 Å². The summed E-state index contributed by atoms with van der Waals surface area (Å²) in [5.41, 5.74) is 1.80. The molecule has 0 aromatic rings. The minimum atomic E-state index is -0.970. The van der Waals surface area contributed by atoms with Crippen LogP contribution >= 0.6 is 0 Å². The smallest absolute Gasteiger partial charge is 0.408 e. The molecule has 0 radical (unpaired) electrons. The van der Waals surface area contributed by atoms with Crippen LogP contribution in [0.5, 0.6) is 0 Å². The first-order valence-corrected chi connectivity index (χ1v) is 5.26. The fourth-order valence-corrected chi connectivity index (χ4v) is 1.07. The molecule has 0 aliphatic rings. The van der Waals surface area contributed by atoms with Gasteiger partial charge in [0.05, 0.1) is 13.2 Å². The van der Waals surface area contributed by atoms with Gasteiger partial charge < -0.3 is 20.0 Å². The normalized spacial score (nSPS) is 15.4. The number of alkyl carbamates (subject to hydrolysis) is 1. The lowest BCUT2D eigenvalue weighted by molar-refractivity contribution is -0.0502. The van der Waals surface area contributed by atoms with Gasteiger partial charge in [-0.2, -0.15) is 5.48 Å². The molecule has 0 fully saturated rings. The Labute approximate surface area is 96.3 Å². The van der Waals surface area contributed by atoms with Crippen molar-refractivity contribution in [3.05, 3.63) is 0 Å². The third-order valence-electron chi connectivity index (χ3n) is 1.76. The van der Waals surface area contributed by atoms with E-state index in [-0.39, 0.29) is 0 Å².